The van der Waals surface area contributed by atoms with Crippen LogP contribution in [0.4, 0.5) is 13.6 Å². The fourth-order valence-electron chi connectivity index (χ4n) is 1.17. The quantitative estimate of drug-likeness (QED) is 0.834. The van der Waals surface area contributed by atoms with Crippen LogP contribution in [-0.2, 0) is 12.5 Å². The molecule has 0 unspecified atom stereocenters. The topological polar surface area (TPSA) is 62.2 Å². The highest BCUT2D eigenvalue weighted by molar-refractivity contribution is 5.64. The molecule has 1 aromatic heterocycles. The Bertz CT molecular complexity index is 383. The molecular formula is C10H12F2N2O2. The predicted molar refractivity (Wildman–Crippen MR) is 53.3 cm³/mol. The van der Waals surface area contributed by atoms with E-state index in [0.717, 1.165) is 0 Å². The molecule has 1 amide bonds. The Morgan fingerprint density at radius 2 is 2.31 bits per heavy atom. The van der Waals surface area contributed by atoms with Gasteiger partial charge in [0.15, 0.2) is 0 Å². The Morgan fingerprint density at radius 1 is 1.62 bits per heavy atom. The smallest absolute Gasteiger partial charge is 0.404 e. The summed E-state index contributed by atoms with van der Waals surface area (Å²) in [5.74, 6) is -2.90. The number of rotatable bonds is 4. The molecule has 0 radical (unpaired) electrons. The van der Waals surface area contributed by atoms with Crippen molar-refractivity contribution in [2.75, 3.05) is 0 Å². The molecule has 6 heteroatoms. The van der Waals surface area contributed by atoms with Crippen molar-refractivity contribution in [2.45, 2.75) is 25.8 Å². The molecule has 16 heavy (non-hydrogen) atoms. The normalized spacial score (nSPS) is 11.2. The maximum atomic E-state index is 13.3. The van der Waals surface area contributed by atoms with Gasteiger partial charge in [-0.1, -0.05) is 6.92 Å². The zero-order valence-corrected chi connectivity index (χ0v) is 8.70. The van der Waals surface area contributed by atoms with Crippen molar-refractivity contribution in [3.8, 4) is 0 Å². The van der Waals surface area contributed by atoms with Crippen LogP contribution in [0, 0.1) is 0 Å². The minimum Gasteiger partial charge on any atom is -0.465 e. The Labute approximate surface area is 91.3 Å². The molecule has 1 rings (SSSR count). The molecule has 0 aliphatic carbocycles. The third-order valence-corrected chi connectivity index (χ3v) is 2.10. The van der Waals surface area contributed by atoms with E-state index in [1.54, 1.807) is 0 Å². The molecule has 2 N–H and O–H groups in total. The molecule has 0 saturated carbocycles. The second kappa shape index (κ2) is 4.87. The molecule has 0 fully saturated rings. The van der Waals surface area contributed by atoms with Crippen LogP contribution in [0.1, 0.15) is 24.6 Å². The number of nitrogens with zero attached hydrogens (tertiary/aromatic N) is 1. The first kappa shape index (κ1) is 12.4. The second-order valence-electron chi connectivity index (χ2n) is 3.25. The van der Waals surface area contributed by atoms with E-state index in [9.17, 15) is 13.6 Å². The van der Waals surface area contributed by atoms with Crippen molar-refractivity contribution in [2.24, 2.45) is 0 Å². The molecule has 88 valence electrons. The van der Waals surface area contributed by atoms with Crippen molar-refractivity contribution in [1.29, 1.82) is 0 Å². The van der Waals surface area contributed by atoms with Crippen molar-refractivity contribution < 1.29 is 18.7 Å². The molecular weight excluding hydrogens is 218 g/mol. The Balaban J connectivity index is 2.83. The summed E-state index contributed by atoms with van der Waals surface area (Å²) >= 11 is 0. The lowest BCUT2D eigenvalue weighted by Crippen LogP contribution is -2.21. The number of hydrogen-bond donors (Lipinski definition) is 2. The standard InChI is InChI=1S/C10H12F2N2O2/c1-2-10(11,12)7-3-4-13-8(5-7)6-14-9(15)16/h3-5,14H,2,6H2,1H3,(H,15,16). The summed E-state index contributed by atoms with van der Waals surface area (Å²) < 4.78 is 26.6. The third-order valence-electron chi connectivity index (χ3n) is 2.10. The van der Waals surface area contributed by atoms with E-state index >= 15 is 0 Å². The highest BCUT2D eigenvalue weighted by Gasteiger charge is 2.29. The van der Waals surface area contributed by atoms with Crippen LogP contribution < -0.4 is 5.32 Å². The zero-order chi connectivity index (χ0) is 12.2. The Morgan fingerprint density at radius 3 is 2.88 bits per heavy atom. The number of carboxylic acid groups (broad SMARTS) is 1. The summed E-state index contributed by atoms with van der Waals surface area (Å²) in [6.45, 7) is 1.30. The van der Waals surface area contributed by atoms with Gasteiger partial charge in [-0.25, -0.2) is 13.6 Å². The Hall–Kier alpha value is -1.72. The number of nitrogens with one attached hydrogen (secondary N) is 1. The third kappa shape index (κ3) is 3.15. The lowest BCUT2D eigenvalue weighted by Gasteiger charge is -2.14. The maximum absolute atomic E-state index is 13.3. The molecule has 0 spiro atoms. The van der Waals surface area contributed by atoms with E-state index in [2.05, 4.69) is 10.3 Å². The number of aromatic nitrogens is 1. The predicted octanol–water partition coefficient (Wildman–Crippen LogP) is 2.35. The van der Waals surface area contributed by atoms with Crippen molar-refractivity contribution >= 4 is 6.09 Å². The van der Waals surface area contributed by atoms with E-state index < -0.39 is 12.0 Å². The average Bonchev–Trinajstić information content (AvgIpc) is 2.27. The summed E-state index contributed by atoms with van der Waals surface area (Å²) in [5.41, 5.74) is 0.125. The van der Waals surface area contributed by atoms with Gasteiger partial charge in [0, 0.05) is 18.2 Å². The molecule has 0 saturated heterocycles. The average molecular weight is 230 g/mol. The van der Waals surface area contributed by atoms with Crippen LogP contribution in [0.2, 0.25) is 0 Å². The van der Waals surface area contributed by atoms with Crippen molar-refractivity contribution in [3.63, 3.8) is 0 Å². The monoisotopic (exact) mass is 230 g/mol. The van der Waals surface area contributed by atoms with Crippen molar-refractivity contribution in [3.05, 3.63) is 29.6 Å². The lowest BCUT2D eigenvalue weighted by molar-refractivity contribution is -0.00845. The van der Waals surface area contributed by atoms with Gasteiger partial charge in [0.25, 0.3) is 5.92 Å². The highest BCUT2D eigenvalue weighted by atomic mass is 19.3. The van der Waals surface area contributed by atoms with E-state index in [1.165, 1.54) is 25.3 Å². The maximum Gasteiger partial charge on any atom is 0.404 e. The van der Waals surface area contributed by atoms with Crippen molar-refractivity contribution in [1.82, 2.24) is 10.3 Å². The molecule has 0 aliphatic heterocycles. The zero-order valence-electron chi connectivity index (χ0n) is 8.70. The minimum absolute atomic E-state index is 0.0804. The summed E-state index contributed by atoms with van der Waals surface area (Å²) in [4.78, 5) is 14.0. The summed E-state index contributed by atoms with van der Waals surface area (Å²) in [6.07, 6.45) is -0.268. The van der Waals surface area contributed by atoms with E-state index in [1.807, 2.05) is 0 Å². The Kier molecular flexibility index (Phi) is 3.76. The van der Waals surface area contributed by atoms with Crippen LogP contribution in [0.25, 0.3) is 0 Å². The number of hydrogen-bond acceptors (Lipinski definition) is 2. The molecule has 0 aliphatic rings. The number of alkyl halides is 2. The number of pyridine rings is 1. The first-order chi connectivity index (χ1) is 7.45. The first-order valence-corrected chi connectivity index (χ1v) is 4.75. The molecule has 0 aromatic carbocycles. The number of carbonyl (C=O) groups is 1. The van der Waals surface area contributed by atoms with Gasteiger partial charge in [-0.15, -0.1) is 0 Å². The lowest BCUT2D eigenvalue weighted by atomic mass is 10.1. The molecule has 0 atom stereocenters. The van der Waals surface area contributed by atoms with Gasteiger partial charge in [0.05, 0.1) is 12.2 Å². The first-order valence-electron chi connectivity index (χ1n) is 4.75. The van der Waals surface area contributed by atoms with Gasteiger partial charge in [0.2, 0.25) is 0 Å². The fourth-order valence-corrected chi connectivity index (χ4v) is 1.17. The van der Waals surface area contributed by atoms with E-state index in [-0.39, 0.29) is 24.2 Å². The molecule has 1 aromatic rings. The fraction of sp³-hybridized carbons (Fsp3) is 0.400. The van der Waals surface area contributed by atoms with Crippen LogP contribution in [0.5, 0.6) is 0 Å². The summed E-state index contributed by atoms with van der Waals surface area (Å²) in [5, 5.41) is 10.4. The molecule has 4 nitrogen and oxygen atoms in total. The van der Waals surface area contributed by atoms with Crippen LogP contribution in [0.3, 0.4) is 0 Å². The largest absolute Gasteiger partial charge is 0.465 e. The minimum atomic E-state index is -2.90. The highest BCUT2D eigenvalue weighted by Crippen LogP contribution is 2.30. The second-order valence-corrected chi connectivity index (χ2v) is 3.25. The van der Waals surface area contributed by atoms with Gasteiger partial charge in [-0.2, -0.15) is 0 Å². The number of amides is 1. The van der Waals surface area contributed by atoms with E-state index in [4.69, 9.17) is 5.11 Å². The summed E-state index contributed by atoms with van der Waals surface area (Å²) in [7, 11) is 0. The van der Waals surface area contributed by atoms with Gasteiger partial charge in [-0.3, -0.25) is 4.98 Å². The summed E-state index contributed by atoms with van der Waals surface area (Å²) in [6, 6.07) is 2.44. The van der Waals surface area contributed by atoms with Crippen LogP contribution in [0.15, 0.2) is 18.3 Å². The van der Waals surface area contributed by atoms with E-state index in [0.29, 0.717) is 0 Å². The SMILES string of the molecule is CCC(F)(F)c1ccnc(CNC(=O)O)c1. The molecule has 0 bridgehead atoms. The van der Waals surface area contributed by atoms with Gasteiger partial charge < -0.3 is 10.4 Å². The molecule has 1 heterocycles. The van der Waals surface area contributed by atoms with Gasteiger partial charge >= 0.3 is 6.09 Å². The van der Waals surface area contributed by atoms with Gasteiger partial charge in [-0.05, 0) is 12.1 Å². The van der Waals surface area contributed by atoms with Crippen LogP contribution in [-0.4, -0.2) is 16.2 Å². The van der Waals surface area contributed by atoms with Gasteiger partial charge in [0.1, 0.15) is 0 Å². The van der Waals surface area contributed by atoms with Crippen LogP contribution >= 0.6 is 0 Å². The number of halogens is 2.